The van der Waals surface area contributed by atoms with E-state index in [1.54, 1.807) is 0 Å². The fraction of sp³-hybridized carbons (Fsp3) is 0.882. The van der Waals surface area contributed by atoms with Crippen molar-refractivity contribution >= 4 is 11.8 Å². The van der Waals surface area contributed by atoms with Gasteiger partial charge in [-0.05, 0) is 63.7 Å². The summed E-state index contributed by atoms with van der Waals surface area (Å²) in [6.45, 7) is 6.23. The van der Waals surface area contributed by atoms with E-state index in [4.69, 9.17) is 0 Å². The van der Waals surface area contributed by atoms with Gasteiger partial charge in [0.15, 0.2) is 0 Å². The lowest BCUT2D eigenvalue weighted by molar-refractivity contribution is -0.159. The first-order chi connectivity index (χ1) is 9.97. The summed E-state index contributed by atoms with van der Waals surface area (Å²) >= 11 is 0. The highest BCUT2D eigenvalue weighted by atomic mass is 16.2. The Morgan fingerprint density at radius 1 is 1.14 bits per heavy atom. The highest BCUT2D eigenvalue weighted by Gasteiger charge is 2.56. The van der Waals surface area contributed by atoms with Crippen LogP contribution in [-0.2, 0) is 9.59 Å². The van der Waals surface area contributed by atoms with Crippen molar-refractivity contribution in [3.05, 3.63) is 0 Å². The predicted molar refractivity (Wildman–Crippen MR) is 81.6 cm³/mol. The molecule has 1 aliphatic heterocycles. The summed E-state index contributed by atoms with van der Waals surface area (Å²) in [4.78, 5) is 27.6. The fourth-order valence-electron chi connectivity index (χ4n) is 4.19. The summed E-state index contributed by atoms with van der Waals surface area (Å²) in [6, 6.07) is 0.00510. The van der Waals surface area contributed by atoms with Gasteiger partial charge in [0, 0.05) is 6.04 Å². The normalized spacial score (nSPS) is 41.1. The van der Waals surface area contributed by atoms with Crippen LogP contribution >= 0.6 is 0 Å². The fourth-order valence-corrected chi connectivity index (χ4v) is 4.19. The molecular weight excluding hydrogens is 264 g/mol. The molecule has 4 nitrogen and oxygen atoms in total. The number of carbonyl (C=O) groups is 2. The lowest BCUT2D eigenvalue weighted by atomic mass is 9.82. The summed E-state index contributed by atoms with van der Waals surface area (Å²) in [6.07, 6.45) is 7.29. The predicted octanol–water partition coefficient (Wildman–Crippen LogP) is 2.47. The lowest BCUT2D eigenvalue weighted by Gasteiger charge is -2.49. The molecule has 1 saturated heterocycles. The van der Waals surface area contributed by atoms with Gasteiger partial charge in [0.05, 0.1) is 0 Å². The van der Waals surface area contributed by atoms with Crippen LogP contribution in [0.1, 0.15) is 65.7 Å². The van der Waals surface area contributed by atoms with Crippen LogP contribution in [0, 0.1) is 11.8 Å². The van der Waals surface area contributed by atoms with Gasteiger partial charge in [0.1, 0.15) is 11.6 Å². The van der Waals surface area contributed by atoms with Gasteiger partial charge >= 0.3 is 0 Å². The van der Waals surface area contributed by atoms with E-state index in [1.165, 1.54) is 12.8 Å². The van der Waals surface area contributed by atoms with Gasteiger partial charge in [-0.15, -0.1) is 0 Å². The van der Waals surface area contributed by atoms with Crippen LogP contribution in [-0.4, -0.2) is 34.3 Å². The Hall–Kier alpha value is -1.06. The molecule has 3 fully saturated rings. The molecule has 3 aliphatic rings. The van der Waals surface area contributed by atoms with E-state index in [0.29, 0.717) is 12.3 Å². The summed E-state index contributed by atoms with van der Waals surface area (Å²) in [7, 11) is 0. The molecule has 0 aromatic rings. The first-order valence-electron chi connectivity index (χ1n) is 8.62. The molecule has 0 radical (unpaired) electrons. The van der Waals surface area contributed by atoms with Gasteiger partial charge in [-0.2, -0.15) is 0 Å². The second-order valence-corrected chi connectivity index (χ2v) is 7.52. The first-order valence-corrected chi connectivity index (χ1v) is 8.62. The Kier molecular flexibility index (Phi) is 3.74. The quantitative estimate of drug-likeness (QED) is 0.868. The van der Waals surface area contributed by atoms with E-state index in [2.05, 4.69) is 12.2 Å². The molecule has 1 heterocycles. The van der Waals surface area contributed by atoms with Crippen molar-refractivity contribution < 1.29 is 9.59 Å². The van der Waals surface area contributed by atoms with Crippen LogP contribution in [0.2, 0.25) is 0 Å². The van der Waals surface area contributed by atoms with Crippen LogP contribution in [0.3, 0.4) is 0 Å². The zero-order valence-electron chi connectivity index (χ0n) is 13.5. The molecular formula is C17H28N2O2. The number of piperazine rings is 1. The van der Waals surface area contributed by atoms with Gasteiger partial charge in [-0.1, -0.05) is 13.8 Å². The van der Waals surface area contributed by atoms with Crippen molar-refractivity contribution in [3.8, 4) is 0 Å². The summed E-state index contributed by atoms with van der Waals surface area (Å²) in [5, 5.41) is 3.05. The second-order valence-electron chi connectivity index (χ2n) is 7.52. The number of amides is 2. The molecule has 3 rings (SSSR count). The number of nitrogens with zero attached hydrogens (tertiary/aromatic N) is 1. The number of nitrogens with one attached hydrogen (secondary N) is 1. The number of hydrogen-bond donors (Lipinski definition) is 1. The van der Waals surface area contributed by atoms with Crippen LogP contribution in [0.5, 0.6) is 0 Å². The zero-order chi connectivity index (χ0) is 15.2. The Morgan fingerprint density at radius 2 is 1.76 bits per heavy atom. The summed E-state index contributed by atoms with van der Waals surface area (Å²) in [5.41, 5.74) is -0.647. The molecule has 2 saturated carbocycles. The van der Waals surface area contributed by atoms with E-state index in [9.17, 15) is 9.59 Å². The summed E-state index contributed by atoms with van der Waals surface area (Å²) < 4.78 is 0. The average molecular weight is 292 g/mol. The van der Waals surface area contributed by atoms with E-state index in [0.717, 1.165) is 31.6 Å². The maximum absolute atomic E-state index is 13.1. The average Bonchev–Trinajstić information content (AvgIpc) is 3.28. The van der Waals surface area contributed by atoms with Crippen molar-refractivity contribution in [2.45, 2.75) is 83.3 Å². The Balaban J connectivity index is 1.86. The van der Waals surface area contributed by atoms with Crippen LogP contribution in [0.4, 0.5) is 0 Å². The van der Waals surface area contributed by atoms with Crippen LogP contribution < -0.4 is 5.32 Å². The molecule has 0 bridgehead atoms. The maximum Gasteiger partial charge on any atom is 0.249 e. The SMILES string of the molecule is CCC1C(=O)NC(C)(C2CC2)C(=O)N1C1CCC(C)CC1. The molecule has 4 heteroatoms. The lowest BCUT2D eigenvalue weighted by Crippen LogP contribution is -2.71. The molecule has 21 heavy (non-hydrogen) atoms. The molecule has 2 amide bonds. The Labute approximate surface area is 127 Å². The highest BCUT2D eigenvalue weighted by Crippen LogP contribution is 2.43. The highest BCUT2D eigenvalue weighted by molar-refractivity contribution is 6.00. The molecule has 0 spiro atoms. The minimum absolute atomic E-state index is 0.0603. The summed E-state index contributed by atoms with van der Waals surface area (Å²) in [5.74, 6) is 1.34. The van der Waals surface area contributed by atoms with Crippen LogP contribution in [0.15, 0.2) is 0 Å². The number of rotatable bonds is 3. The molecule has 0 aromatic heterocycles. The van der Waals surface area contributed by atoms with Crippen molar-refractivity contribution in [1.29, 1.82) is 0 Å². The molecule has 0 aromatic carbocycles. The standard InChI is InChI=1S/C17H28N2O2/c1-4-14-15(20)18-17(3,12-7-8-12)16(21)19(14)13-9-5-11(2)6-10-13/h11-14H,4-10H2,1-3H3,(H,18,20). The third-order valence-electron chi connectivity index (χ3n) is 5.86. The monoisotopic (exact) mass is 292 g/mol. The van der Waals surface area contributed by atoms with Crippen LogP contribution in [0.25, 0.3) is 0 Å². The largest absolute Gasteiger partial charge is 0.340 e. The van der Waals surface area contributed by atoms with Gasteiger partial charge < -0.3 is 10.2 Å². The van der Waals surface area contributed by atoms with E-state index in [1.807, 2.05) is 18.7 Å². The number of carbonyl (C=O) groups excluding carboxylic acids is 2. The Bertz CT molecular complexity index is 438. The second kappa shape index (κ2) is 5.29. The first kappa shape index (κ1) is 14.9. The minimum Gasteiger partial charge on any atom is -0.340 e. The third kappa shape index (κ3) is 2.47. The molecule has 2 aliphatic carbocycles. The van der Waals surface area contributed by atoms with E-state index >= 15 is 0 Å². The van der Waals surface area contributed by atoms with Gasteiger partial charge in [-0.25, -0.2) is 0 Å². The van der Waals surface area contributed by atoms with Gasteiger partial charge in [0.2, 0.25) is 11.8 Å². The van der Waals surface area contributed by atoms with E-state index in [-0.39, 0.29) is 23.9 Å². The molecule has 2 unspecified atom stereocenters. The minimum atomic E-state index is -0.647. The molecule has 1 N–H and O–H groups in total. The zero-order valence-corrected chi connectivity index (χ0v) is 13.5. The van der Waals surface area contributed by atoms with Crippen molar-refractivity contribution in [2.75, 3.05) is 0 Å². The van der Waals surface area contributed by atoms with E-state index < -0.39 is 5.54 Å². The van der Waals surface area contributed by atoms with Crippen molar-refractivity contribution in [1.82, 2.24) is 10.2 Å². The van der Waals surface area contributed by atoms with Gasteiger partial charge in [0.25, 0.3) is 0 Å². The van der Waals surface area contributed by atoms with Gasteiger partial charge in [-0.3, -0.25) is 9.59 Å². The Morgan fingerprint density at radius 3 is 2.29 bits per heavy atom. The maximum atomic E-state index is 13.1. The topological polar surface area (TPSA) is 49.4 Å². The van der Waals surface area contributed by atoms with Crippen molar-refractivity contribution in [3.63, 3.8) is 0 Å². The third-order valence-corrected chi connectivity index (χ3v) is 5.86. The molecule has 2 atom stereocenters. The smallest absolute Gasteiger partial charge is 0.249 e. The molecule has 118 valence electrons. The van der Waals surface area contributed by atoms with Crippen molar-refractivity contribution in [2.24, 2.45) is 11.8 Å². The number of hydrogen-bond acceptors (Lipinski definition) is 2.